The molecule has 33 heavy (non-hydrogen) atoms. The molecule has 0 spiro atoms. The highest BCUT2D eigenvalue weighted by atomic mass is 16.6. The Bertz CT molecular complexity index is 1240. The molecule has 1 heterocycles. The van der Waals surface area contributed by atoms with Crippen molar-refractivity contribution in [2.24, 2.45) is 0 Å². The third-order valence-corrected chi connectivity index (χ3v) is 4.76. The van der Waals surface area contributed by atoms with Crippen molar-refractivity contribution >= 4 is 17.6 Å². The minimum Gasteiger partial charge on any atom is -0.495 e. The van der Waals surface area contributed by atoms with Crippen LogP contribution < -0.4 is 10.1 Å². The van der Waals surface area contributed by atoms with E-state index in [1.54, 1.807) is 36.4 Å². The second kappa shape index (κ2) is 10.2. The Labute approximate surface area is 190 Å². The standard InChI is InChI=1S/C25H21N3O5/c1-31-21-10-6-5-9-20(21)26-23(29)15-22-27-24(33-28-22)16-32-25(30)19-13-11-18(12-14-19)17-7-3-2-4-8-17/h2-14H,15-16H2,1H3,(H,26,29). The summed E-state index contributed by atoms with van der Waals surface area (Å²) in [6, 6.07) is 24.0. The first-order valence-corrected chi connectivity index (χ1v) is 10.2. The van der Waals surface area contributed by atoms with Gasteiger partial charge in [0.1, 0.15) is 5.75 Å². The number of hydrogen-bond acceptors (Lipinski definition) is 7. The Hall–Kier alpha value is -4.46. The topological polar surface area (TPSA) is 104 Å². The molecule has 166 valence electrons. The first kappa shape index (κ1) is 21.8. The number of nitrogens with one attached hydrogen (secondary N) is 1. The van der Waals surface area contributed by atoms with Crippen LogP contribution in [-0.2, 0) is 22.6 Å². The van der Waals surface area contributed by atoms with Crippen LogP contribution in [0.3, 0.4) is 0 Å². The summed E-state index contributed by atoms with van der Waals surface area (Å²) >= 11 is 0. The zero-order chi connectivity index (χ0) is 23.0. The van der Waals surface area contributed by atoms with Crippen LogP contribution in [0.25, 0.3) is 11.1 Å². The molecule has 0 aliphatic rings. The fourth-order valence-electron chi connectivity index (χ4n) is 3.15. The normalized spacial score (nSPS) is 10.5. The van der Waals surface area contributed by atoms with E-state index in [0.29, 0.717) is 17.0 Å². The molecule has 8 nitrogen and oxygen atoms in total. The number of benzene rings is 3. The summed E-state index contributed by atoms with van der Waals surface area (Å²) in [5, 5.41) is 6.50. The second-order valence-corrected chi connectivity index (χ2v) is 7.05. The van der Waals surface area contributed by atoms with E-state index < -0.39 is 5.97 Å². The van der Waals surface area contributed by atoms with Crippen LogP contribution in [-0.4, -0.2) is 29.1 Å². The first-order chi connectivity index (χ1) is 16.1. The lowest BCUT2D eigenvalue weighted by Gasteiger charge is -2.08. The van der Waals surface area contributed by atoms with E-state index in [9.17, 15) is 9.59 Å². The molecule has 8 heteroatoms. The zero-order valence-corrected chi connectivity index (χ0v) is 17.9. The number of aromatic nitrogens is 2. The summed E-state index contributed by atoms with van der Waals surface area (Å²) in [7, 11) is 1.52. The smallest absolute Gasteiger partial charge is 0.338 e. The maximum atomic E-state index is 12.3. The molecule has 0 saturated heterocycles. The van der Waals surface area contributed by atoms with Crippen molar-refractivity contribution in [2.45, 2.75) is 13.0 Å². The summed E-state index contributed by atoms with van der Waals surface area (Å²) in [4.78, 5) is 28.7. The van der Waals surface area contributed by atoms with Crippen molar-refractivity contribution in [1.82, 2.24) is 10.1 Å². The number of carbonyl (C=O) groups excluding carboxylic acids is 2. The molecular weight excluding hydrogens is 422 g/mol. The Kier molecular flexibility index (Phi) is 6.75. The molecule has 0 radical (unpaired) electrons. The number of para-hydroxylation sites is 2. The van der Waals surface area contributed by atoms with Crippen molar-refractivity contribution in [3.05, 3.63) is 96.1 Å². The van der Waals surface area contributed by atoms with Crippen LogP contribution in [0.2, 0.25) is 0 Å². The van der Waals surface area contributed by atoms with Gasteiger partial charge >= 0.3 is 5.97 Å². The lowest BCUT2D eigenvalue weighted by atomic mass is 10.0. The maximum Gasteiger partial charge on any atom is 0.338 e. The second-order valence-electron chi connectivity index (χ2n) is 7.05. The molecule has 0 fully saturated rings. The molecule has 1 amide bonds. The van der Waals surface area contributed by atoms with Gasteiger partial charge in [-0.15, -0.1) is 0 Å². The van der Waals surface area contributed by atoms with Crippen molar-refractivity contribution in [3.63, 3.8) is 0 Å². The van der Waals surface area contributed by atoms with Gasteiger partial charge < -0.3 is 19.3 Å². The van der Waals surface area contributed by atoms with Crippen LogP contribution in [0.4, 0.5) is 5.69 Å². The van der Waals surface area contributed by atoms with Gasteiger partial charge in [-0.25, -0.2) is 4.79 Å². The van der Waals surface area contributed by atoms with E-state index >= 15 is 0 Å². The van der Waals surface area contributed by atoms with Crippen LogP contribution in [0, 0.1) is 0 Å². The van der Waals surface area contributed by atoms with Gasteiger partial charge in [-0.2, -0.15) is 4.98 Å². The average molecular weight is 443 g/mol. The number of carbonyl (C=O) groups is 2. The third kappa shape index (κ3) is 5.62. The minimum absolute atomic E-state index is 0.101. The molecule has 0 unspecified atom stereocenters. The van der Waals surface area contributed by atoms with Crippen molar-refractivity contribution < 1.29 is 23.6 Å². The van der Waals surface area contributed by atoms with Gasteiger partial charge in [0, 0.05) is 0 Å². The Morgan fingerprint density at radius 3 is 2.36 bits per heavy atom. The predicted octanol–water partition coefficient (Wildman–Crippen LogP) is 4.28. The van der Waals surface area contributed by atoms with Crippen molar-refractivity contribution in [2.75, 3.05) is 12.4 Å². The largest absolute Gasteiger partial charge is 0.495 e. The molecule has 4 rings (SSSR count). The number of rotatable bonds is 8. The van der Waals surface area contributed by atoms with E-state index in [1.165, 1.54) is 7.11 Å². The molecule has 3 aromatic carbocycles. The van der Waals surface area contributed by atoms with Gasteiger partial charge in [0.05, 0.1) is 24.8 Å². The Morgan fingerprint density at radius 2 is 1.61 bits per heavy atom. The number of esters is 1. The van der Waals surface area contributed by atoms with E-state index in [-0.39, 0.29) is 30.7 Å². The molecule has 1 N–H and O–H groups in total. The summed E-state index contributed by atoms with van der Waals surface area (Å²) in [5.74, 6) is -0.0148. The SMILES string of the molecule is COc1ccccc1NC(=O)Cc1noc(COC(=O)c2ccc(-c3ccccc3)cc2)n1. The molecular formula is C25H21N3O5. The summed E-state index contributed by atoms with van der Waals surface area (Å²) in [6.45, 7) is -0.194. The Morgan fingerprint density at radius 1 is 0.909 bits per heavy atom. The molecule has 0 atom stereocenters. The highest BCUT2D eigenvalue weighted by Crippen LogP contribution is 2.23. The van der Waals surface area contributed by atoms with Crippen molar-refractivity contribution in [3.8, 4) is 16.9 Å². The lowest BCUT2D eigenvalue weighted by Crippen LogP contribution is -2.15. The summed E-state index contributed by atoms with van der Waals surface area (Å²) < 4.78 is 15.5. The molecule has 0 aliphatic carbocycles. The van der Waals surface area contributed by atoms with Gasteiger partial charge in [-0.1, -0.05) is 59.8 Å². The molecule has 4 aromatic rings. The van der Waals surface area contributed by atoms with Crippen LogP contribution in [0.5, 0.6) is 5.75 Å². The Balaban J connectivity index is 1.29. The number of ether oxygens (including phenoxy) is 2. The monoisotopic (exact) mass is 443 g/mol. The van der Waals surface area contributed by atoms with Gasteiger partial charge in [-0.3, -0.25) is 4.79 Å². The first-order valence-electron chi connectivity index (χ1n) is 10.2. The average Bonchev–Trinajstić information content (AvgIpc) is 3.30. The third-order valence-electron chi connectivity index (χ3n) is 4.76. The molecule has 0 aliphatic heterocycles. The van der Waals surface area contributed by atoms with Crippen LogP contribution >= 0.6 is 0 Å². The van der Waals surface area contributed by atoms with E-state index in [4.69, 9.17) is 14.0 Å². The van der Waals surface area contributed by atoms with Crippen molar-refractivity contribution in [1.29, 1.82) is 0 Å². The highest BCUT2D eigenvalue weighted by Gasteiger charge is 2.15. The number of amides is 1. The van der Waals surface area contributed by atoms with E-state index in [1.807, 2.05) is 42.5 Å². The van der Waals surface area contributed by atoms with Gasteiger partial charge in [0.15, 0.2) is 12.4 Å². The lowest BCUT2D eigenvalue weighted by molar-refractivity contribution is -0.115. The van der Waals surface area contributed by atoms with Crippen LogP contribution in [0.1, 0.15) is 22.1 Å². The zero-order valence-electron chi connectivity index (χ0n) is 17.9. The molecule has 1 aromatic heterocycles. The van der Waals surface area contributed by atoms with E-state index in [2.05, 4.69) is 15.5 Å². The van der Waals surface area contributed by atoms with Gasteiger partial charge in [-0.05, 0) is 35.4 Å². The fourth-order valence-corrected chi connectivity index (χ4v) is 3.15. The fraction of sp³-hybridized carbons (Fsp3) is 0.120. The highest BCUT2D eigenvalue weighted by molar-refractivity contribution is 5.93. The quantitative estimate of drug-likeness (QED) is 0.405. The van der Waals surface area contributed by atoms with E-state index in [0.717, 1.165) is 11.1 Å². The van der Waals surface area contributed by atoms with Gasteiger partial charge in [0.25, 0.3) is 5.89 Å². The summed E-state index contributed by atoms with van der Waals surface area (Å²) in [6.07, 6.45) is -0.101. The number of methoxy groups -OCH3 is 1. The number of hydrogen-bond donors (Lipinski definition) is 1. The predicted molar refractivity (Wildman–Crippen MR) is 121 cm³/mol. The maximum absolute atomic E-state index is 12.3. The van der Waals surface area contributed by atoms with Crippen LogP contribution in [0.15, 0.2) is 83.4 Å². The number of nitrogens with zero attached hydrogens (tertiary/aromatic N) is 2. The summed E-state index contributed by atoms with van der Waals surface area (Å²) in [5.41, 5.74) is 3.01. The van der Waals surface area contributed by atoms with Gasteiger partial charge in [0.2, 0.25) is 5.91 Å². The number of anilines is 1. The minimum atomic E-state index is -0.511. The molecule has 0 saturated carbocycles. The molecule has 0 bridgehead atoms.